The van der Waals surface area contributed by atoms with Gasteiger partial charge in [-0.3, -0.25) is 9.10 Å². The second-order valence-electron chi connectivity index (χ2n) is 7.98. The summed E-state index contributed by atoms with van der Waals surface area (Å²) in [5, 5.41) is 0. The third kappa shape index (κ3) is 5.51. The molecular formula is C26H24FNO6S. The number of benzene rings is 3. The van der Waals surface area contributed by atoms with E-state index in [0.29, 0.717) is 24.2 Å². The van der Waals surface area contributed by atoms with E-state index < -0.39 is 28.4 Å². The lowest BCUT2D eigenvalue weighted by Gasteiger charge is -2.18. The van der Waals surface area contributed by atoms with Crippen molar-refractivity contribution in [1.29, 1.82) is 0 Å². The average molecular weight is 498 g/mol. The van der Waals surface area contributed by atoms with Crippen LogP contribution in [0.2, 0.25) is 0 Å². The van der Waals surface area contributed by atoms with Gasteiger partial charge in [-0.1, -0.05) is 24.3 Å². The molecule has 0 radical (unpaired) electrons. The maximum atomic E-state index is 13.1. The van der Waals surface area contributed by atoms with E-state index in [1.807, 2.05) is 0 Å². The number of Topliss-reactive ketones (excluding diaryl/α,β-unsaturated/α-hetero) is 1. The van der Waals surface area contributed by atoms with Crippen LogP contribution in [0.5, 0.6) is 5.75 Å². The van der Waals surface area contributed by atoms with Crippen LogP contribution in [0.3, 0.4) is 0 Å². The van der Waals surface area contributed by atoms with Gasteiger partial charge in [0.15, 0.2) is 12.4 Å². The smallest absolute Gasteiger partial charge is 0.342 e. The van der Waals surface area contributed by atoms with Gasteiger partial charge in [0, 0.05) is 12.1 Å². The Kier molecular flexibility index (Phi) is 7.16. The van der Waals surface area contributed by atoms with Crippen LogP contribution >= 0.6 is 0 Å². The minimum absolute atomic E-state index is 0.00182. The molecule has 0 aliphatic carbocycles. The molecule has 0 fully saturated rings. The lowest BCUT2D eigenvalue weighted by Crippen LogP contribution is -2.30. The molecule has 0 N–H and O–H groups in total. The molecule has 0 aromatic heterocycles. The summed E-state index contributed by atoms with van der Waals surface area (Å²) < 4.78 is 49.9. The maximum Gasteiger partial charge on any atom is 0.342 e. The summed E-state index contributed by atoms with van der Waals surface area (Å²) in [4.78, 5) is 25.3. The van der Waals surface area contributed by atoms with Crippen LogP contribution in [-0.2, 0) is 27.8 Å². The second-order valence-corrected chi connectivity index (χ2v) is 10.2. The van der Waals surface area contributed by atoms with E-state index in [4.69, 9.17) is 9.47 Å². The number of ketones is 1. The quantitative estimate of drug-likeness (QED) is 0.326. The fourth-order valence-corrected chi connectivity index (χ4v) is 4.94. The Hall–Kier alpha value is -3.72. The molecule has 1 aliphatic rings. The van der Waals surface area contributed by atoms with E-state index in [0.717, 1.165) is 11.1 Å². The predicted molar refractivity (Wildman–Crippen MR) is 129 cm³/mol. The van der Waals surface area contributed by atoms with E-state index in [1.54, 1.807) is 49.4 Å². The topological polar surface area (TPSA) is 90.0 Å². The third-order valence-electron chi connectivity index (χ3n) is 5.70. The van der Waals surface area contributed by atoms with Crippen molar-refractivity contribution >= 4 is 27.5 Å². The first kappa shape index (κ1) is 24.4. The highest BCUT2D eigenvalue weighted by Crippen LogP contribution is 2.31. The van der Waals surface area contributed by atoms with Gasteiger partial charge in [-0.25, -0.2) is 17.6 Å². The summed E-state index contributed by atoms with van der Waals surface area (Å²) in [7, 11) is -3.37. The number of fused-ring (bicyclic) bond motifs is 1. The Morgan fingerprint density at radius 1 is 1.03 bits per heavy atom. The molecule has 1 aliphatic heterocycles. The fraction of sp³-hybridized carbons (Fsp3) is 0.231. The predicted octanol–water partition coefficient (Wildman–Crippen LogP) is 4.16. The molecule has 7 nitrogen and oxygen atoms in total. The van der Waals surface area contributed by atoms with Gasteiger partial charge >= 0.3 is 5.97 Å². The normalized spacial score (nSPS) is 12.8. The summed E-state index contributed by atoms with van der Waals surface area (Å²) in [6.45, 7) is 1.59. The molecular weight excluding hydrogens is 473 g/mol. The molecule has 182 valence electrons. The van der Waals surface area contributed by atoms with Crippen molar-refractivity contribution in [2.24, 2.45) is 0 Å². The number of ether oxygens (including phenoxy) is 2. The lowest BCUT2D eigenvalue weighted by molar-refractivity contribution is 0.0470. The summed E-state index contributed by atoms with van der Waals surface area (Å²) >= 11 is 0. The molecule has 0 bridgehead atoms. The van der Waals surface area contributed by atoms with Crippen LogP contribution in [0.4, 0.5) is 10.1 Å². The monoisotopic (exact) mass is 497 g/mol. The van der Waals surface area contributed by atoms with Crippen molar-refractivity contribution < 1.29 is 31.9 Å². The van der Waals surface area contributed by atoms with Crippen molar-refractivity contribution in [3.63, 3.8) is 0 Å². The average Bonchev–Trinajstić information content (AvgIpc) is 3.31. The van der Waals surface area contributed by atoms with Crippen LogP contribution in [0.25, 0.3) is 0 Å². The Bertz CT molecular complexity index is 1350. The van der Waals surface area contributed by atoms with Crippen LogP contribution < -0.4 is 9.04 Å². The van der Waals surface area contributed by atoms with Gasteiger partial charge in [-0.2, -0.15) is 0 Å². The van der Waals surface area contributed by atoms with Crippen molar-refractivity contribution in [1.82, 2.24) is 0 Å². The molecule has 0 saturated heterocycles. The molecule has 0 spiro atoms. The molecule has 0 amide bonds. The molecule has 0 saturated carbocycles. The molecule has 3 aromatic carbocycles. The van der Waals surface area contributed by atoms with Gasteiger partial charge < -0.3 is 9.47 Å². The molecule has 35 heavy (non-hydrogen) atoms. The number of carbonyl (C=O) groups excluding carboxylic acids is 2. The van der Waals surface area contributed by atoms with E-state index >= 15 is 0 Å². The van der Waals surface area contributed by atoms with Crippen LogP contribution in [-0.4, -0.2) is 39.1 Å². The molecule has 0 atom stereocenters. The number of rotatable bonds is 9. The highest BCUT2D eigenvalue weighted by molar-refractivity contribution is 7.92. The SMILES string of the molecule is CCS(=O)(=O)N1CCc2cc(C(=O)COC(=O)c3ccccc3OCc3ccc(F)cc3)ccc21. The first-order valence-corrected chi connectivity index (χ1v) is 12.7. The number of para-hydroxylation sites is 1. The van der Waals surface area contributed by atoms with Crippen LogP contribution in [0, 0.1) is 5.82 Å². The second kappa shape index (κ2) is 10.3. The zero-order valence-corrected chi connectivity index (χ0v) is 19.9. The summed E-state index contributed by atoms with van der Waals surface area (Å²) in [5.41, 5.74) is 2.57. The molecule has 0 unspecified atom stereocenters. The number of halogens is 1. The first-order valence-electron chi connectivity index (χ1n) is 11.1. The number of esters is 1. The third-order valence-corrected chi connectivity index (χ3v) is 7.48. The van der Waals surface area contributed by atoms with Crippen molar-refractivity contribution in [3.8, 4) is 5.75 Å². The van der Waals surface area contributed by atoms with Gasteiger partial charge in [0.05, 0.1) is 11.4 Å². The zero-order chi connectivity index (χ0) is 25.0. The summed E-state index contributed by atoms with van der Waals surface area (Å²) in [5.74, 6) is -1.19. The van der Waals surface area contributed by atoms with Gasteiger partial charge in [0.1, 0.15) is 23.7 Å². The number of hydrogen-bond donors (Lipinski definition) is 0. The molecule has 3 aromatic rings. The number of nitrogens with zero attached hydrogens (tertiary/aromatic N) is 1. The lowest BCUT2D eigenvalue weighted by atomic mass is 10.1. The summed E-state index contributed by atoms with van der Waals surface area (Å²) in [6.07, 6.45) is 0.508. The Balaban J connectivity index is 1.39. The molecule has 1 heterocycles. The van der Waals surface area contributed by atoms with E-state index in [2.05, 4.69) is 0 Å². The maximum absolute atomic E-state index is 13.1. The first-order chi connectivity index (χ1) is 16.8. The number of anilines is 1. The number of carbonyl (C=O) groups is 2. The minimum Gasteiger partial charge on any atom is -0.488 e. The van der Waals surface area contributed by atoms with Crippen molar-refractivity contribution in [2.75, 3.05) is 23.2 Å². The van der Waals surface area contributed by atoms with Gasteiger partial charge in [0.2, 0.25) is 10.0 Å². The zero-order valence-electron chi connectivity index (χ0n) is 19.1. The van der Waals surface area contributed by atoms with E-state index in [-0.39, 0.29) is 29.5 Å². The standard InChI is InChI=1S/C26H24FNO6S/c1-2-35(31,32)28-14-13-19-15-20(9-12-23(19)28)24(29)17-34-26(30)22-5-3-4-6-25(22)33-16-18-7-10-21(27)11-8-18/h3-12,15H,2,13-14,16-17H2,1H3. The van der Waals surface area contributed by atoms with Crippen molar-refractivity contribution in [2.45, 2.75) is 20.0 Å². The minimum atomic E-state index is -3.37. The van der Waals surface area contributed by atoms with Crippen LogP contribution in [0.15, 0.2) is 66.7 Å². The molecule has 4 rings (SSSR count). The Labute approximate surface area is 203 Å². The highest BCUT2D eigenvalue weighted by Gasteiger charge is 2.28. The molecule has 9 heteroatoms. The van der Waals surface area contributed by atoms with Gasteiger partial charge in [-0.15, -0.1) is 0 Å². The fourth-order valence-electron chi connectivity index (χ4n) is 3.78. The van der Waals surface area contributed by atoms with Gasteiger partial charge in [0.25, 0.3) is 0 Å². The highest BCUT2D eigenvalue weighted by atomic mass is 32.2. The number of sulfonamides is 1. The summed E-state index contributed by atoms with van der Waals surface area (Å²) in [6, 6.07) is 17.1. The van der Waals surface area contributed by atoms with E-state index in [9.17, 15) is 22.4 Å². The largest absolute Gasteiger partial charge is 0.488 e. The number of hydrogen-bond acceptors (Lipinski definition) is 6. The Morgan fingerprint density at radius 3 is 2.51 bits per heavy atom. The van der Waals surface area contributed by atoms with Crippen LogP contribution in [0.1, 0.15) is 38.8 Å². The van der Waals surface area contributed by atoms with Gasteiger partial charge in [-0.05, 0) is 66.9 Å². The van der Waals surface area contributed by atoms with Crippen molar-refractivity contribution in [3.05, 3.63) is 94.8 Å². The van der Waals surface area contributed by atoms with E-state index in [1.165, 1.54) is 28.6 Å². The Morgan fingerprint density at radius 2 is 1.77 bits per heavy atom.